The second-order valence-electron chi connectivity index (χ2n) is 8.60. The van der Waals surface area contributed by atoms with Crippen LogP contribution < -0.4 is 20.1 Å². The van der Waals surface area contributed by atoms with Crippen LogP contribution >= 0.6 is 11.3 Å². The summed E-state index contributed by atoms with van der Waals surface area (Å²) >= 11 is 0.852. The maximum Gasteiger partial charge on any atom is 0.416 e. The highest BCUT2D eigenvalue weighted by molar-refractivity contribution is 7.14. The van der Waals surface area contributed by atoms with Crippen molar-refractivity contribution in [2.75, 3.05) is 19.2 Å². The third-order valence-electron chi connectivity index (χ3n) is 6.18. The standard InChI is InChI=1S/C25H19F3N4O7S/c1-37-22(35)15-10-40-23(29-15)31-20(33)16(8-12-4-2-3-5-14(12)25(26,27)28)32-21(34)19(30-24(32)36)13-6-7-17-18(9-13)39-11-38-17/h2-7,9-10,16,19H,8,11H2,1H3,(H,30,36)(H,29,31,33). The van der Waals surface area contributed by atoms with E-state index in [1.54, 1.807) is 6.07 Å². The van der Waals surface area contributed by atoms with Crippen LogP contribution in [0.3, 0.4) is 0 Å². The Balaban J connectivity index is 1.48. The number of carbonyl (C=O) groups is 4. The van der Waals surface area contributed by atoms with Crippen LogP contribution in [0.4, 0.5) is 23.1 Å². The summed E-state index contributed by atoms with van der Waals surface area (Å²) in [5, 5.41) is 6.10. The number of amides is 4. The van der Waals surface area contributed by atoms with Gasteiger partial charge in [-0.3, -0.25) is 9.59 Å². The number of nitrogens with zero attached hydrogens (tertiary/aromatic N) is 2. The summed E-state index contributed by atoms with van der Waals surface area (Å²) in [6.45, 7) is -0.0226. The molecular weight excluding hydrogens is 557 g/mol. The Bertz CT molecular complexity index is 1510. The van der Waals surface area contributed by atoms with Crippen LogP contribution in [0.5, 0.6) is 11.5 Å². The topological polar surface area (TPSA) is 136 Å². The lowest BCUT2D eigenvalue weighted by atomic mass is 9.98. The molecular formula is C25H19F3N4O7S. The van der Waals surface area contributed by atoms with Gasteiger partial charge in [-0.2, -0.15) is 13.2 Å². The summed E-state index contributed by atoms with van der Waals surface area (Å²) in [6, 6.07) is 5.19. The lowest BCUT2D eigenvalue weighted by Gasteiger charge is -2.25. The normalized spacial score (nSPS) is 17.0. The number of anilines is 1. The third-order valence-corrected chi connectivity index (χ3v) is 6.94. The van der Waals surface area contributed by atoms with E-state index in [9.17, 15) is 32.3 Å². The molecule has 0 radical (unpaired) electrons. The average molecular weight is 577 g/mol. The Kier molecular flexibility index (Phi) is 7.06. The van der Waals surface area contributed by atoms with Gasteiger partial charge in [-0.25, -0.2) is 19.5 Å². The second kappa shape index (κ2) is 10.5. The molecule has 5 rings (SSSR count). The molecule has 1 saturated heterocycles. The number of nitrogens with one attached hydrogen (secondary N) is 2. The first-order valence-electron chi connectivity index (χ1n) is 11.6. The van der Waals surface area contributed by atoms with E-state index in [0.717, 1.165) is 30.6 Å². The van der Waals surface area contributed by atoms with Crippen LogP contribution in [0.15, 0.2) is 47.8 Å². The van der Waals surface area contributed by atoms with Crippen molar-refractivity contribution in [1.29, 1.82) is 0 Å². The van der Waals surface area contributed by atoms with Crippen molar-refractivity contribution in [1.82, 2.24) is 15.2 Å². The van der Waals surface area contributed by atoms with Crippen LogP contribution in [0.2, 0.25) is 0 Å². The molecule has 2 unspecified atom stereocenters. The summed E-state index contributed by atoms with van der Waals surface area (Å²) in [4.78, 5) is 56.3. The number of methoxy groups -OCH3 is 1. The summed E-state index contributed by atoms with van der Waals surface area (Å²) in [5.74, 6) is -1.83. The smallest absolute Gasteiger partial charge is 0.416 e. The number of aromatic nitrogens is 1. The first-order chi connectivity index (χ1) is 19.1. The van der Waals surface area contributed by atoms with Gasteiger partial charge in [0.25, 0.3) is 5.91 Å². The van der Waals surface area contributed by atoms with E-state index < -0.39 is 54.1 Å². The predicted octanol–water partition coefficient (Wildman–Crippen LogP) is 3.52. The molecule has 2 aliphatic heterocycles. The minimum Gasteiger partial charge on any atom is -0.464 e. The number of imide groups is 1. The number of halogens is 3. The number of hydrogen-bond donors (Lipinski definition) is 2. The minimum atomic E-state index is -4.76. The second-order valence-corrected chi connectivity index (χ2v) is 9.46. The number of thiazole rings is 1. The van der Waals surface area contributed by atoms with Gasteiger partial charge in [-0.15, -0.1) is 11.3 Å². The predicted molar refractivity (Wildman–Crippen MR) is 132 cm³/mol. The van der Waals surface area contributed by atoms with Crippen molar-refractivity contribution in [3.8, 4) is 11.5 Å². The zero-order valence-electron chi connectivity index (χ0n) is 20.5. The fourth-order valence-corrected chi connectivity index (χ4v) is 4.99. The van der Waals surface area contributed by atoms with Crippen molar-refractivity contribution in [2.45, 2.75) is 24.7 Å². The van der Waals surface area contributed by atoms with Crippen LogP contribution in [0.25, 0.3) is 0 Å². The maximum atomic E-state index is 13.7. The van der Waals surface area contributed by atoms with Crippen LogP contribution in [0.1, 0.15) is 33.2 Å². The van der Waals surface area contributed by atoms with Gasteiger partial charge >= 0.3 is 18.2 Å². The summed E-state index contributed by atoms with van der Waals surface area (Å²) < 4.78 is 56.4. The highest BCUT2D eigenvalue weighted by Crippen LogP contribution is 2.37. The minimum absolute atomic E-state index is 0.0226. The molecule has 208 valence electrons. The highest BCUT2D eigenvalue weighted by Gasteiger charge is 2.46. The first kappa shape index (κ1) is 26.9. The molecule has 2 aliphatic rings. The van der Waals surface area contributed by atoms with Gasteiger partial charge in [0.15, 0.2) is 22.3 Å². The summed E-state index contributed by atoms with van der Waals surface area (Å²) in [5.41, 5.74) is -1.12. The van der Waals surface area contributed by atoms with Gasteiger partial charge in [-0.05, 0) is 29.3 Å². The Morgan fingerprint density at radius 3 is 2.70 bits per heavy atom. The van der Waals surface area contributed by atoms with Crippen molar-refractivity contribution in [2.24, 2.45) is 0 Å². The molecule has 2 N–H and O–H groups in total. The Morgan fingerprint density at radius 1 is 1.20 bits per heavy atom. The number of alkyl halides is 3. The van der Waals surface area contributed by atoms with Crippen molar-refractivity contribution in [3.63, 3.8) is 0 Å². The number of carbonyl (C=O) groups excluding carboxylic acids is 4. The zero-order chi connectivity index (χ0) is 28.6. The van der Waals surface area contributed by atoms with Gasteiger partial charge in [-0.1, -0.05) is 24.3 Å². The van der Waals surface area contributed by atoms with E-state index in [1.807, 2.05) is 0 Å². The summed E-state index contributed by atoms with van der Waals surface area (Å²) in [6.07, 6.45) is -5.40. The van der Waals surface area contributed by atoms with Crippen molar-refractivity contribution >= 4 is 40.3 Å². The number of fused-ring (bicyclic) bond motifs is 1. The Labute approximate surface area is 227 Å². The quantitative estimate of drug-likeness (QED) is 0.322. The molecule has 40 heavy (non-hydrogen) atoms. The number of rotatable bonds is 7. The molecule has 2 aromatic carbocycles. The number of hydrogen-bond acceptors (Lipinski definition) is 9. The molecule has 2 atom stereocenters. The van der Waals surface area contributed by atoms with Gasteiger partial charge in [0.2, 0.25) is 12.7 Å². The molecule has 1 fully saturated rings. The zero-order valence-corrected chi connectivity index (χ0v) is 21.3. The first-order valence-corrected chi connectivity index (χ1v) is 12.5. The molecule has 0 spiro atoms. The fraction of sp³-hybridized carbons (Fsp3) is 0.240. The van der Waals surface area contributed by atoms with E-state index in [4.69, 9.17) is 9.47 Å². The Morgan fingerprint density at radius 2 is 1.95 bits per heavy atom. The number of urea groups is 1. The molecule has 0 saturated carbocycles. The summed E-state index contributed by atoms with van der Waals surface area (Å²) in [7, 11) is 1.14. The fourth-order valence-electron chi connectivity index (χ4n) is 4.31. The van der Waals surface area contributed by atoms with E-state index in [-0.39, 0.29) is 23.2 Å². The van der Waals surface area contributed by atoms with Crippen molar-refractivity contribution < 1.29 is 46.6 Å². The lowest BCUT2D eigenvalue weighted by molar-refractivity contribution is -0.138. The monoisotopic (exact) mass is 576 g/mol. The molecule has 11 nitrogen and oxygen atoms in total. The Hall–Kier alpha value is -4.66. The number of esters is 1. The molecule has 1 aromatic heterocycles. The maximum absolute atomic E-state index is 13.7. The van der Waals surface area contributed by atoms with Crippen LogP contribution in [0, 0.1) is 0 Å². The van der Waals surface area contributed by atoms with Crippen LogP contribution in [-0.2, 0) is 26.9 Å². The van der Waals surface area contributed by atoms with E-state index >= 15 is 0 Å². The van der Waals surface area contributed by atoms with E-state index in [1.165, 1.54) is 29.6 Å². The molecule has 15 heteroatoms. The molecule has 4 amide bonds. The lowest BCUT2D eigenvalue weighted by Crippen LogP contribution is -2.49. The van der Waals surface area contributed by atoms with Gasteiger partial charge in [0, 0.05) is 11.8 Å². The molecule has 0 aliphatic carbocycles. The average Bonchev–Trinajstić information content (AvgIpc) is 3.65. The van der Waals surface area contributed by atoms with Crippen molar-refractivity contribution in [3.05, 3.63) is 70.2 Å². The highest BCUT2D eigenvalue weighted by atomic mass is 32.1. The van der Waals surface area contributed by atoms with Crippen LogP contribution in [-0.4, -0.2) is 53.6 Å². The SMILES string of the molecule is COC(=O)c1csc(NC(=O)C(Cc2ccccc2C(F)(F)F)N2C(=O)NC(c3ccc4c(c3)OCO4)C2=O)n1. The third kappa shape index (κ3) is 5.14. The molecule has 0 bridgehead atoms. The van der Waals surface area contributed by atoms with E-state index in [2.05, 4.69) is 20.4 Å². The largest absolute Gasteiger partial charge is 0.464 e. The van der Waals surface area contributed by atoms with Gasteiger partial charge in [0.05, 0.1) is 12.7 Å². The van der Waals surface area contributed by atoms with Gasteiger partial charge in [0.1, 0.15) is 12.1 Å². The van der Waals surface area contributed by atoms with Gasteiger partial charge < -0.3 is 24.8 Å². The molecule has 3 aromatic rings. The molecule has 3 heterocycles. The number of ether oxygens (including phenoxy) is 3. The van der Waals surface area contributed by atoms with E-state index in [0.29, 0.717) is 22.0 Å². The number of benzene rings is 2.